The molecule has 2 aromatic rings. The minimum absolute atomic E-state index is 0.121. The maximum atomic E-state index is 10.3. The van der Waals surface area contributed by atoms with Crippen LogP contribution < -0.4 is 4.90 Å². The number of aliphatic hydroxyl groups is 3. The second kappa shape index (κ2) is 7.26. The molecule has 0 radical (unpaired) electrons. The Labute approximate surface area is 153 Å². The van der Waals surface area contributed by atoms with Crippen molar-refractivity contribution >= 4 is 16.6 Å². The first-order valence-corrected chi connectivity index (χ1v) is 8.80. The standard InChI is InChI=1S/C19H27N3O4/c1-11-7-16(12(2)19(26-11)18(25)17(24)10-23)22-9-13-5-6-14(21(3)4)8-15(13)20-22/h5-9,12,16-19,23-25H,10H2,1-4H3/t12-,16+,17?,18?,19-/m1/s1. The van der Waals surface area contributed by atoms with Crippen LogP contribution in [0.4, 0.5) is 5.69 Å². The molecule has 2 unspecified atom stereocenters. The van der Waals surface area contributed by atoms with Gasteiger partial charge in [-0.1, -0.05) is 6.92 Å². The van der Waals surface area contributed by atoms with Gasteiger partial charge < -0.3 is 25.0 Å². The van der Waals surface area contributed by atoms with Gasteiger partial charge in [0.25, 0.3) is 0 Å². The van der Waals surface area contributed by atoms with Gasteiger partial charge in [-0.15, -0.1) is 0 Å². The lowest BCUT2D eigenvalue weighted by Gasteiger charge is -2.38. The van der Waals surface area contributed by atoms with E-state index >= 15 is 0 Å². The molecule has 0 bridgehead atoms. The molecule has 3 N–H and O–H groups in total. The van der Waals surface area contributed by atoms with Gasteiger partial charge in [-0.25, -0.2) is 0 Å². The zero-order chi connectivity index (χ0) is 19.0. The zero-order valence-electron chi connectivity index (χ0n) is 15.6. The first-order valence-electron chi connectivity index (χ1n) is 8.80. The molecular formula is C19H27N3O4. The number of ether oxygens (including phenoxy) is 1. The second-order valence-electron chi connectivity index (χ2n) is 7.20. The number of aliphatic hydroxyl groups excluding tert-OH is 3. The summed E-state index contributed by atoms with van der Waals surface area (Å²) >= 11 is 0. The number of anilines is 1. The molecule has 1 aliphatic heterocycles. The first-order chi connectivity index (χ1) is 12.3. The average molecular weight is 361 g/mol. The molecule has 0 saturated carbocycles. The third-order valence-corrected chi connectivity index (χ3v) is 5.03. The number of fused-ring (bicyclic) bond motifs is 1. The van der Waals surface area contributed by atoms with E-state index in [4.69, 9.17) is 14.9 Å². The van der Waals surface area contributed by atoms with Crippen LogP contribution in [-0.4, -0.2) is 64.1 Å². The average Bonchev–Trinajstić information content (AvgIpc) is 3.04. The lowest BCUT2D eigenvalue weighted by Crippen LogP contribution is -2.47. The van der Waals surface area contributed by atoms with Crippen LogP contribution in [0.25, 0.3) is 10.9 Å². The number of nitrogens with zero attached hydrogens (tertiary/aromatic N) is 3. The molecule has 2 heterocycles. The van der Waals surface area contributed by atoms with Crippen LogP contribution in [0.3, 0.4) is 0 Å². The van der Waals surface area contributed by atoms with E-state index in [-0.39, 0.29) is 12.0 Å². The van der Waals surface area contributed by atoms with Crippen LogP contribution in [0.5, 0.6) is 0 Å². The Hall–Kier alpha value is -2.09. The number of benzene rings is 1. The van der Waals surface area contributed by atoms with Crippen molar-refractivity contribution in [1.29, 1.82) is 0 Å². The largest absolute Gasteiger partial charge is 0.492 e. The van der Waals surface area contributed by atoms with Crippen LogP contribution in [0.1, 0.15) is 19.9 Å². The summed E-state index contributed by atoms with van der Waals surface area (Å²) in [4.78, 5) is 2.03. The molecule has 7 heteroatoms. The van der Waals surface area contributed by atoms with E-state index in [1.165, 1.54) is 0 Å². The topological polar surface area (TPSA) is 91.0 Å². The van der Waals surface area contributed by atoms with E-state index in [9.17, 15) is 10.2 Å². The van der Waals surface area contributed by atoms with Crippen molar-refractivity contribution < 1.29 is 20.1 Å². The molecule has 142 valence electrons. The summed E-state index contributed by atoms with van der Waals surface area (Å²) in [5.41, 5.74) is 1.97. The molecule has 0 saturated heterocycles. The van der Waals surface area contributed by atoms with Crippen molar-refractivity contribution in [2.75, 3.05) is 25.6 Å². The Morgan fingerprint density at radius 1 is 1.31 bits per heavy atom. The second-order valence-corrected chi connectivity index (χ2v) is 7.20. The van der Waals surface area contributed by atoms with E-state index in [0.29, 0.717) is 5.76 Å². The van der Waals surface area contributed by atoms with E-state index in [1.807, 2.05) is 68.0 Å². The lowest BCUT2D eigenvalue weighted by molar-refractivity contribution is -0.113. The van der Waals surface area contributed by atoms with Crippen molar-refractivity contribution in [3.05, 3.63) is 36.2 Å². The molecule has 0 fully saturated rings. The van der Waals surface area contributed by atoms with Crippen molar-refractivity contribution in [3.63, 3.8) is 0 Å². The smallest absolute Gasteiger partial charge is 0.131 e. The highest BCUT2D eigenvalue weighted by molar-refractivity contribution is 5.82. The van der Waals surface area contributed by atoms with Crippen LogP contribution in [0.2, 0.25) is 0 Å². The zero-order valence-corrected chi connectivity index (χ0v) is 15.6. The fraction of sp³-hybridized carbons (Fsp3) is 0.526. The van der Waals surface area contributed by atoms with Gasteiger partial charge in [0.15, 0.2) is 0 Å². The third kappa shape index (κ3) is 3.42. The summed E-state index contributed by atoms with van der Waals surface area (Å²) in [7, 11) is 3.98. The SMILES string of the molecule is CC1=C[C@H](n2cc3ccc(N(C)C)cc3n2)[C@@H](C)[C@H](C(O)C(O)CO)O1. The molecule has 26 heavy (non-hydrogen) atoms. The van der Waals surface area contributed by atoms with Crippen molar-refractivity contribution in [3.8, 4) is 0 Å². The van der Waals surface area contributed by atoms with Gasteiger partial charge in [0.2, 0.25) is 0 Å². The first kappa shape index (κ1) is 18.7. The van der Waals surface area contributed by atoms with Crippen molar-refractivity contribution in [2.45, 2.75) is 38.2 Å². The van der Waals surface area contributed by atoms with Crippen molar-refractivity contribution in [2.24, 2.45) is 5.92 Å². The Morgan fingerprint density at radius 3 is 2.69 bits per heavy atom. The molecule has 5 atom stereocenters. The molecule has 0 amide bonds. The number of rotatable bonds is 5. The molecule has 1 aromatic carbocycles. The summed E-state index contributed by atoms with van der Waals surface area (Å²) in [6, 6.07) is 6.00. The van der Waals surface area contributed by atoms with Crippen LogP contribution in [-0.2, 0) is 4.74 Å². The molecule has 1 aliphatic rings. The van der Waals surface area contributed by atoms with Gasteiger partial charge in [-0.2, -0.15) is 5.10 Å². The predicted octanol–water partition coefficient (Wildman–Crippen LogP) is 1.30. The summed E-state index contributed by atoms with van der Waals surface area (Å²) in [5, 5.41) is 35.0. The highest BCUT2D eigenvalue weighted by Gasteiger charge is 2.39. The third-order valence-electron chi connectivity index (χ3n) is 5.03. The minimum Gasteiger partial charge on any atom is -0.492 e. The van der Waals surface area contributed by atoms with E-state index in [1.54, 1.807) is 0 Å². The summed E-state index contributed by atoms with van der Waals surface area (Å²) in [6.07, 6.45) is 0.908. The summed E-state index contributed by atoms with van der Waals surface area (Å²) < 4.78 is 7.63. The Balaban J connectivity index is 1.94. The van der Waals surface area contributed by atoms with E-state index < -0.39 is 24.9 Å². The fourth-order valence-electron chi connectivity index (χ4n) is 3.43. The van der Waals surface area contributed by atoms with Crippen LogP contribution >= 0.6 is 0 Å². The minimum atomic E-state index is -1.24. The van der Waals surface area contributed by atoms with E-state index in [2.05, 4.69) is 0 Å². The molecule has 0 aliphatic carbocycles. The normalized spacial score (nSPS) is 25.5. The van der Waals surface area contributed by atoms with Crippen LogP contribution in [0.15, 0.2) is 36.2 Å². The maximum Gasteiger partial charge on any atom is 0.131 e. The maximum absolute atomic E-state index is 10.3. The fourth-order valence-corrected chi connectivity index (χ4v) is 3.43. The Bertz CT molecular complexity index is 801. The number of hydrogen-bond donors (Lipinski definition) is 3. The molecule has 7 nitrogen and oxygen atoms in total. The molecule has 0 spiro atoms. The van der Waals surface area contributed by atoms with E-state index in [0.717, 1.165) is 16.6 Å². The summed E-state index contributed by atoms with van der Waals surface area (Å²) in [6.45, 7) is 3.25. The monoisotopic (exact) mass is 361 g/mol. The Morgan fingerprint density at radius 2 is 2.04 bits per heavy atom. The number of hydrogen-bond acceptors (Lipinski definition) is 6. The van der Waals surface area contributed by atoms with Gasteiger partial charge in [-0.05, 0) is 31.2 Å². The van der Waals surface area contributed by atoms with Gasteiger partial charge >= 0.3 is 0 Å². The number of allylic oxidation sites excluding steroid dienone is 2. The lowest BCUT2D eigenvalue weighted by atomic mass is 9.87. The molecule has 1 aromatic heterocycles. The van der Waals surface area contributed by atoms with Crippen molar-refractivity contribution in [1.82, 2.24) is 9.78 Å². The quantitative estimate of drug-likeness (QED) is 0.744. The van der Waals surface area contributed by atoms with Gasteiger partial charge in [0, 0.05) is 37.3 Å². The predicted molar refractivity (Wildman–Crippen MR) is 100.0 cm³/mol. The highest BCUT2D eigenvalue weighted by Crippen LogP contribution is 2.35. The molecule has 3 rings (SSSR count). The van der Waals surface area contributed by atoms with Gasteiger partial charge in [0.05, 0.1) is 23.9 Å². The molecular weight excluding hydrogens is 334 g/mol. The van der Waals surface area contributed by atoms with Gasteiger partial charge in [0.1, 0.15) is 18.3 Å². The Kier molecular flexibility index (Phi) is 5.22. The van der Waals surface area contributed by atoms with Crippen LogP contribution in [0, 0.1) is 5.92 Å². The summed E-state index contributed by atoms with van der Waals surface area (Å²) in [5.74, 6) is 0.522. The number of aromatic nitrogens is 2. The highest BCUT2D eigenvalue weighted by atomic mass is 16.5. The van der Waals surface area contributed by atoms with Gasteiger partial charge in [-0.3, -0.25) is 4.68 Å².